The highest BCUT2D eigenvalue weighted by molar-refractivity contribution is 6.31. The number of halogens is 1. The van der Waals surface area contributed by atoms with Gasteiger partial charge in [-0.25, -0.2) is 0 Å². The quantitative estimate of drug-likeness (QED) is 0.911. The Morgan fingerprint density at radius 2 is 2.05 bits per heavy atom. The predicted molar refractivity (Wildman–Crippen MR) is 82.8 cm³/mol. The van der Waals surface area contributed by atoms with E-state index in [2.05, 4.69) is 5.32 Å². The topological polar surface area (TPSA) is 58.6 Å². The van der Waals surface area contributed by atoms with E-state index < -0.39 is 12.0 Å². The van der Waals surface area contributed by atoms with Crippen molar-refractivity contribution in [3.05, 3.63) is 58.6 Å². The van der Waals surface area contributed by atoms with Crippen LogP contribution in [0.2, 0.25) is 5.02 Å². The number of aliphatic hydroxyl groups is 1. The molecule has 0 radical (unpaired) electrons. The largest absolute Gasteiger partial charge is 0.497 e. The van der Waals surface area contributed by atoms with Crippen molar-refractivity contribution in [2.45, 2.75) is 13.0 Å². The fourth-order valence-corrected chi connectivity index (χ4v) is 2.02. The van der Waals surface area contributed by atoms with Gasteiger partial charge in [-0.3, -0.25) is 4.79 Å². The standard InChI is InChI=1S/C16H16ClNO3/c1-10-6-7-12(9-14(10)17)18-16(20)15(19)11-4-3-5-13(8-11)21-2/h3-9,15,19H,1-2H3,(H,18,20). The molecule has 110 valence electrons. The Kier molecular flexibility index (Phi) is 4.83. The van der Waals surface area contributed by atoms with Crippen molar-refractivity contribution in [2.24, 2.45) is 0 Å². The molecule has 0 aliphatic heterocycles. The van der Waals surface area contributed by atoms with E-state index in [0.29, 0.717) is 22.0 Å². The Labute approximate surface area is 128 Å². The van der Waals surface area contributed by atoms with Gasteiger partial charge in [0.1, 0.15) is 5.75 Å². The second-order valence-corrected chi connectivity index (χ2v) is 5.04. The van der Waals surface area contributed by atoms with Gasteiger partial charge in [0.05, 0.1) is 7.11 Å². The van der Waals surface area contributed by atoms with E-state index in [9.17, 15) is 9.90 Å². The molecule has 0 aromatic heterocycles. The molecule has 0 bridgehead atoms. The zero-order valence-electron chi connectivity index (χ0n) is 11.8. The van der Waals surface area contributed by atoms with Crippen molar-refractivity contribution in [3.63, 3.8) is 0 Å². The van der Waals surface area contributed by atoms with E-state index in [1.807, 2.05) is 6.92 Å². The number of amides is 1. The van der Waals surface area contributed by atoms with Crippen LogP contribution in [0.5, 0.6) is 5.75 Å². The van der Waals surface area contributed by atoms with Crippen LogP contribution < -0.4 is 10.1 Å². The number of carbonyl (C=O) groups excluding carboxylic acids is 1. The summed E-state index contributed by atoms with van der Waals surface area (Å²) in [6.07, 6.45) is -1.28. The highest BCUT2D eigenvalue weighted by Gasteiger charge is 2.18. The molecule has 5 heteroatoms. The van der Waals surface area contributed by atoms with Crippen molar-refractivity contribution in [2.75, 3.05) is 12.4 Å². The van der Waals surface area contributed by atoms with Crippen LogP contribution in [0.4, 0.5) is 5.69 Å². The number of ether oxygens (including phenoxy) is 1. The number of methoxy groups -OCH3 is 1. The number of anilines is 1. The van der Waals surface area contributed by atoms with Gasteiger partial charge in [0.25, 0.3) is 5.91 Å². The molecule has 1 unspecified atom stereocenters. The molecule has 4 nitrogen and oxygen atoms in total. The first kappa shape index (κ1) is 15.4. The van der Waals surface area contributed by atoms with Crippen LogP contribution in [-0.2, 0) is 4.79 Å². The fraction of sp³-hybridized carbons (Fsp3) is 0.188. The molecule has 2 rings (SSSR count). The third-order valence-corrected chi connectivity index (χ3v) is 3.50. The first-order valence-electron chi connectivity index (χ1n) is 6.40. The van der Waals surface area contributed by atoms with Crippen molar-refractivity contribution >= 4 is 23.2 Å². The molecule has 1 amide bonds. The average Bonchev–Trinajstić information content (AvgIpc) is 2.50. The van der Waals surface area contributed by atoms with Crippen LogP contribution in [0.3, 0.4) is 0 Å². The van der Waals surface area contributed by atoms with Gasteiger partial charge in [-0.15, -0.1) is 0 Å². The summed E-state index contributed by atoms with van der Waals surface area (Å²) in [6.45, 7) is 1.87. The lowest BCUT2D eigenvalue weighted by Crippen LogP contribution is -2.20. The molecule has 0 saturated carbocycles. The fourth-order valence-electron chi connectivity index (χ4n) is 1.84. The SMILES string of the molecule is COc1cccc(C(O)C(=O)Nc2ccc(C)c(Cl)c2)c1. The van der Waals surface area contributed by atoms with Crippen LogP contribution in [0.15, 0.2) is 42.5 Å². The van der Waals surface area contributed by atoms with Crippen LogP contribution in [0, 0.1) is 6.92 Å². The lowest BCUT2D eigenvalue weighted by atomic mass is 10.1. The van der Waals surface area contributed by atoms with Crippen LogP contribution >= 0.6 is 11.6 Å². The van der Waals surface area contributed by atoms with E-state index in [4.69, 9.17) is 16.3 Å². The maximum atomic E-state index is 12.1. The maximum absolute atomic E-state index is 12.1. The lowest BCUT2D eigenvalue weighted by molar-refractivity contribution is -0.124. The summed E-state index contributed by atoms with van der Waals surface area (Å²) in [5, 5.41) is 13.3. The summed E-state index contributed by atoms with van der Waals surface area (Å²) in [6, 6.07) is 11.9. The van der Waals surface area contributed by atoms with Gasteiger partial charge in [-0.05, 0) is 42.3 Å². The van der Waals surface area contributed by atoms with E-state index in [1.54, 1.807) is 42.5 Å². The molecule has 0 saturated heterocycles. The molecule has 0 spiro atoms. The van der Waals surface area contributed by atoms with Crippen LogP contribution in [0.1, 0.15) is 17.2 Å². The smallest absolute Gasteiger partial charge is 0.257 e. The Morgan fingerprint density at radius 3 is 2.71 bits per heavy atom. The highest BCUT2D eigenvalue weighted by Crippen LogP contribution is 2.23. The summed E-state index contributed by atoms with van der Waals surface area (Å²) < 4.78 is 5.07. The number of aliphatic hydroxyl groups excluding tert-OH is 1. The van der Waals surface area contributed by atoms with E-state index in [1.165, 1.54) is 7.11 Å². The second kappa shape index (κ2) is 6.61. The lowest BCUT2D eigenvalue weighted by Gasteiger charge is -2.13. The first-order chi connectivity index (χ1) is 10.0. The molecule has 0 fully saturated rings. The minimum atomic E-state index is -1.28. The monoisotopic (exact) mass is 305 g/mol. The minimum Gasteiger partial charge on any atom is -0.497 e. The van der Waals surface area contributed by atoms with Crippen LogP contribution in [-0.4, -0.2) is 18.1 Å². The normalized spacial score (nSPS) is 11.8. The number of nitrogens with one attached hydrogen (secondary N) is 1. The van der Waals surface area contributed by atoms with Gasteiger partial charge < -0.3 is 15.2 Å². The number of aryl methyl sites for hydroxylation is 1. The average molecular weight is 306 g/mol. The van der Waals surface area contributed by atoms with Gasteiger partial charge >= 0.3 is 0 Å². The number of rotatable bonds is 4. The number of benzene rings is 2. The van der Waals surface area contributed by atoms with Gasteiger partial charge in [0.2, 0.25) is 0 Å². The van der Waals surface area contributed by atoms with E-state index in [0.717, 1.165) is 5.56 Å². The third-order valence-electron chi connectivity index (χ3n) is 3.10. The molecule has 0 heterocycles. The second-order valence-electron chi connectivity index (χ2n) is 4.63. The summed E-state index contributed by atoms with van der Waals surface area (Å²) >= 11 is 6.00. The van der Waals surface area contributed by atoms with Gasteiger partial charge in [-0.2, -0.15) is 0 Å². The number of hydrogen-bond acceptors (Lipinski definition) is 3. The molecule has 21 heavy (non-hydrogen) atoms. The van der Waals surface area contributed by atoms with Crippen LogP contribution in [0.25, 0.3) is 0 Å². The zero-order chi connectivity index (χ0) is 15.4. The zero-order valence-corrected chi connectivity index (χ0v) is 12.5. The van der Waals surface area contributed by atoms with Crippen molar-refractivity contribution < 1.29 is 14.6 Å². The first-order valence-corrected chi connectivity index (χ1v) is 6.78. The molecule has 1 atom stereocenters. The summed E-state index contributed by atoms with van der Waals surface area (Å²) in [5.74, 6) is 0.0564. The predicted octanol–water partition coefficient (Wildman–Crippen LogP) is 3.33. The summed E-state index contributed by atoms with van der Waals surface area (Å²) in [7, 11) is 1.53. The van der Waals surface area contributed by atoms with Crippen molar-refractivity contribution in [1.29, 1.82) is 0 Å². The van der Waals surface area contributed by atoms with Crippen molar-refractivity contribution in [1.82, 2.24) is 0 Å². The third kappa shape index (κ3) is 3.74. The van der Waals surface area contributed by atoms with Gasteiger partial charge in [-0.1, -0.05) is 29.8 Å². The Bertz CT molecular complexity index is 658. The summed E-state index contributed by atoms with van der Waals surface area (Å²) in [4.78, 5) is 12.1. The molecule has 0 aliphatic rings. The highest BCUT2D eigenvalue weighted by atomic mass is 35.5. The Hall–Kier alpha value is -2.04. The van der Waals surface area contributed by atoms with Gasteiger partial charge in [0.15, 0.2) is 6.10 Å². The molecular formula is C16H16ClNO3. The summed E-state index contributed by atoms with van der Waals surface area (Å²) in [5.41, 5.74) is 1.92. The molecule has 0 aliphatic carbocycles. The molecule has 2 aromatic rings. The molecule has 2 aromatic carbocycles. The van der Waals surface area contributed by atoms with E-state index in [-0.39, 0.29) is 0 Å². The van der Waals surface area contributed by atoms with Crippen molar-refractivity contribution in [3.8, 4) is 5.75 Å². The van der Waals surface area contributed by atoms with Gasteiger partial charge in [0, 0.05) is 10.7 Å². The Balaban J connectivity index is 2.13. The number of carbonyl (C=O) groups is 1. The minimum absolute atomic E-state index is 0.463. The Morgan fingerprint density at radius 1 is 1.29 bits per heavy atom. The number of hydrogen-bond donors (Lipinski definition) is 2. The van der Waals surface area contributed by atoms with E-state index >= 15 is 0 Å². The molecular weight excluding hydrogens is 290 g/mol. The maximum Gasteiger partial charge on any atom is 0.257 e. The molecule has 2 N–H and O–H groups in total.